The van der Waals surface area contributed by atoms with Crippen molar-refractivity contribution in [3.8, 4) is 5.75 Å². The van der Waals surface area contributed by atoms with Gasteiger partial charge in [0.25, 0.3) is 5.91 Å². The number of hydrogen-bond donors (Lipinski definition) is 2. The molecule has 1 unspecified atom stereocenters. The summed E-state index contributed by atoms with van der Waals surface area (Å²) < 4.78 is 5.91. The van der Waals surface area contributed by atoms with Crippen molar-refractivity contribution in [1.29, 1.82) is 0 Å². The lowest BCUT2D eigenvalue weighted by Crippen LogP contribution is -2.41. The Morgan fingerprint density at radius 3 is 2.52 bits per heavy atom. The van der Waals surface area contributed by atoms with E-state index in [9.17, 15) is 9.59 Å². The van der Waals surface area contributed by atoms with Crippen LogP contribution in [0.5, 0.6) is 5.75 Å². The first-order valence-electron chi connectivity index (χ1n) is 8.54. The van der Waals surface area contributed by atoms with Crippen molar-refractivity contribution >= 4 is 28.8 Å². The molecule has 2 amide bonds. The van der Waals surface area contributed by atoms with Crippen molar-refractivity contribution in [1.82, 2.24) is 5.32 Å². The van der Waals surface area contributed by atoms with Crippen molar-refractivity contribution in [3.63, 3.8) is 0 Å². The molecule has 1 aromatic carbocycles. The van der Waals surface area contributed by atoms with E-state index in [-0.39, 0.29) is 11.8 Å². The molecule has 0 aliphatic heterocycles. The van der Waals surface area contributed by atoms with E-state index in [0.717, 1.165) is 18.6 Å². The smallest absolute Gasteiger partial charge is 0.261 e. The Hall–Kier alpha value is -2.34. The average Bonchev–Trinajstić information content (AvgIpc) is 3.30. The third kappa shape index (κ3) is 4.82. The van der Waals surface area contributed by atoms with Crippen LogP contribution in [0.2, 0.25) is 0 Å². The zero-order chi connectivity index (χ0) is 17.6. The van der Waals surface area contributed by atoms with Crippen molar-refractivity contribution in [2.45, 2.75) is 44.8 Å². The zero-order valence-corrected chi connectivity index (χ0v) is 15.0. The predicted octanol–water partition coefficient (Wildman–Crippen LogP) is 3.83. The first kappa shape index (κ1) is 17.5. The minimum Gasteiger partial charge on any atom is -0.490 e. The third-order valence-corrected chi connectivity index (χ3v) is 5.08. The number of nitrogens with one attached hydrogen (secondary N) is 2. The SMILES string of the molecule is CC(NC(=O)c1cccs1)C(=O)Nc1ccc(OC2CCCC2)cc1. The summed E-state index contributed by atoms with van der Waals surface area (Å²) >= 11 is 1.35. The van der Waals surface area contributed by atoms with Gasteiger partial charge in [-0.1, -0.05) is 6.07 Å². The van der Waals surface area contributed by atoms with Crippen LogP contribution in [0.4, 0.5) is 5.69 Å². The van der Waals surface area contributed by atoms with Crippen molar-refractivity contribution < 1.29 is 14.3 Å². The molecule has 2 aromatic rings. The molecule has 1 saturated carbocycles. The van der Waals surface area contributed by atoms with Crippen LogP contribution in [-0.4, -0.2) is 24.0 Å². The highest BCUT2D eigenvalue weighted by Gasteiger charge is 2.18. The molecule has 0 bridgehead atoms. The quantitative estimate of drug-likeness (QED) is 0.825. The van der Waals surface area contributed by atoms with Crippen LogP contribution in [0.15, 0.2) is 41.8 Å². The van der Waals surface area contributed by atoms with Gasteiger partial charge in [0.15, 0.2) is 0 Å². The highest BCUT2D eigenvalue weighted by molar-refractivity contribution is 7.12. The second-order valence-corrected chi connectivity index (χ2v) is 7.16. The van der Waals surface area contributed by atoms with Gasteiger partial charge in [-0.3, -0.25) is 9.59 Å². The molecule has 25 heavy (non-hydrogen) atoms. The molecule has 6 heteroatoms. The van der Waals surface area contributed by atoms with Gasteiger partial charge in [0.2, 0.25) is 5.91 Å². The van der Waals surface area contributed by atoms with Gasteiger partial charge in [-0.25, -0.2) is 0 Å². The number of anilines is 1. The number of carbonyl (C=O) groups excluding carboxylic acids is 2. The molecule has 2 N–H and O–H groups in total. The van der Waals surface area contributed by atoms with E-state index in [1.807, 2.05) is 29.6 Å². The van der Waals surface area contributed by atoms with E-state index < -0.39 is 6.04 Å². The van der Waals surface area contributed by atoms with E-state index in [1.54, 1.807) is 19.1 Å². The van der Waals surface area contributed by atoms with Crippen LogP contribution in [0.25, 0.3) is 0 Å². The van der Waals surface area contributed by atoms with E-state index in [4.69, 9.17) is 4.74 Å². The van der Waals surface area contributed by atoms with Gasteiger partial charge in [-0.15, -0.1) is 11.3 Å². The molecule has 0 spiro atoms. The van der Waals surface area contributed by atoms with Crippen LogP contribution in [0.3, 0.4) is 0 Å². The summed E-state index contributed by atoms with van der Waals surface area (Å²) in [6.45, 7) is 1.67. The second kappa shape index (κ2) is 8.16. The summed E-state index contributed by atoms with van der Waals surface area (Å²) in [4.78, 5) is 24.8. The van der Waals surface area contributed by atoms with Gasteiger partial charge in [-0.05, 0) is 68.3 Å². The molecular weight excluding hydrogens is 336 g/mol. The molecule has 0 radical (unpaired) electrons. The Morgan fingerprint density at radius 1 is 1.16 bits per heavy atom. The van der Waals surface area contributed by atoms with Crippen LogP contribution >= 0.6 is 11.3 Å². The third-order valence-electron chi connectivity index (χ3n) is 4.21. The fraction of sp³-hybridized carbons (Fsp3) is 0.368. The van der Waals surface area contributed by atoms with Gasteiger partial charge in [0.05, 0.1) is 11.0 Å². The standard InChI is InChI=1S/C19H22N2O3S/c1-13(20-19(23)17-7-4-12-25-17)18(22)21-14-8-10-16(11-9-14)24-15-5-2-3-6-15/h4,7-13,15H,2-3,5-6H2,1H3,(H,20,23)(H,21,22). The van der Waals surface area contributed by atoms with Crippen molar-refractivity contribution in [2.24, 2.45) is 0 Å². The lowest BCUT2D eigenvalue weighted by Gasteiger charge is -2.15. The van der Waals surface area contributed by atoms with Gasteiger partial charge >= 0.3 is 0 Å². The predicted molar refractivity (Wildman–Crippen MR) is 99.2 cm³/mol. The second-order valence-electron chi connectivity index (χ2n) is 6.21. The van der Waals surface area contributed by atoms with Gasteiger partial charge in [0, 0.05) is 5.69 Å². The molecule has 1 atom stereocenters. The van der Waals surface area contributed by atoms with Gasteiger partial charge in [-0.2, -0.15) is 0 Å². The average molecular weight is 358 g/mol. The summed E-state index contributed by atoms with van der Waals surface area (Å²) in [5.74, 6) is 0.330. The van der Waals surface area contributed by atoms with Crippen LogP contribution in [-0.2, 0) is 4.79 Å². The van der Waals surface area contributed by atoms with Gasteiger partial charge in [0.1, 0.15) is 11.8 Å². The Labute approximate surface area is 151 Å². The summed E-state index contributed by atoms with van der Waals surface area (Å²) in [6.07, 6.45) is 5.00. The van der Waals surface area contributed by atoms with E-state index in [0.29, 0.717) is 16.7 Å². The Bertz CT molecular complexity index is 707. The Balaban J connectivity index is 1.50. The molecule has 1 aliphatic rings. The fourth-order valence-corrected chi connectivity index (χ4v) is 3.43. The fourth-order valence-electron chi connectivity index (χ4n) is 2.81. The largest absolute Gasteiger partial charge is 0.490 e. The molecule has 5 nitrogen and oxygen atoms in total. The van der Waals surface area contributed by atoms with Crippen LogP contribution in [0.1, 0.15) is 42.3 Å². The summed E-state index contributed by atoms with van der Waals surface area (Å²) in [6, 6.07) is 10.3. The van der Waals surface area contributed by atoms with Crippen molar-refractivity contribution in [3.05, 3.63) is 46.7 Å². The number of hydrogen-bond acceptors (Lipinski definition) is 4. The highest BCUT2D eigenvalue weighted by atomic mass is 32.1. The molecule has 1 fully saturated rings. The van der Waals surface area contributed by atoms with Crippen LogP contribution < -0.4 is 15.4 Å². The van der Waals surface area contributed by atoms with Crippen molar-refractivity contribution in [2.75, 3.05) is 5.32 Å². The number of benzene rings is 1. The molecule has 3 rings (SSSR count). The Morgan fingerprint density at radius 2 is 1.88 bits per heavy atom. The number of thiophene rings is 1. The monoisotopic (exact) mass is 358 g/mol. The van der Waals surface area contributed by atoms with E-state index in [1.165, 1.54) is 24.2 Å². The molecule has 1 aromatic heterocycles. The maximum Gasteiger partial charge on any atom is 0.261 e. The van der Waals surface area contributed by atoms with E-state index in [2.05, 4.69) is 10.6 Å². The molecule has 1 aliphatic carbocycles. The molecule has 0 saturated heterocycles. The lowest BCUT2D eigenvalue weighted by atomic mass is 10.2. The number of carbonyl (C=O) groups is 2. The number of rotatable bonds is 6. The topological polar surface area (TPSA) is 67.4 Å². The maximum absolute atomic E-state index is 12.2. The number of ether oxygens (including phenoxy) is 1. The highest BCUT2D eigenvalue weighted by Crippen LogP contribution is 2.25. The summed E-state index contributed by atoms with van der Waals surface area (Å²) in [5.41, 5.74) is 0.681. The number of amides is 2. The first-order chi connectivity index (χ1) is 12.1. The first-order valence-corrected chi connectivity index (χ1v) is 9.42. The summed E-state index contributed by atoms with van der Waals surface area (Å²) in [5, 5.41) is 7.33. The minimum absolute atomic E-state index is 0.238. The molecule has 1 heterocycles. The lowest BCUT2D eigenvalue weighted by molar-refractivity contribution is -0.117. The minimum atomic E-state index is -0.621. The van der Waals surface area contributed by atoms with Gasteiger partial charge < -0.3 is 15.4 Å². The normalized spacial score (nSPS) is 15.6. The molecular formula is C19H22N2O3S. The van der Waals surface area contributed by atoms with E-state index >= 15 is 0 Å². The Kier molecular flexibility index (Phi) is 5.71. The zero-order valence-electron chi connectivity index (χ0n) is 14.2. The molecule has 132 valence electrons. The van der Waals surface area contributed by atoms with Crippen LogP contribution in [0, 0.1) is 0 Å². The maximum atomic E-state index is 12.2. The summed E-state index contributed by atoms with van der Waals surface area (Å²) in [7, 11) is 0.